The van der Waals surface area contributed by atoms with Crippen LogP contribution in [-0.4, -0.2) is 23.3 Å². The fourth-order valence-electron chi connectivity index (χ4n) is 3.30. The molecule has 1 saturated heterocycles. The van der Waals surface area contributed by atoms with Crippen molar-refractivity contribution in [3.63, 3.8) is 0 Å². The van der Waals surface area contributed by atoms with E-state index in [0.717, 1.165) is 12.8 Å². The van der Waals surface area contributed by atoms with Crippen LogP contribution < -0.4 is 0 Å². The Balaban J connectivity index is 2.27. The zero-order valence-corrected chi connectivity index (χ0v) is 9.04. The molecule has 0 aromatic rings. The van der Waals surface area contributed by atoms with Gasteiger partial charge in [-0.05, 0) is 18.3 Å². The van der Waals surface area contributed by atoms with Crippen LogP contribution in [0.15, 0.2) is 0 Å². The van der Waals surface area contributed by atoms with Gasteiger partial charge in [0.2, 0.25) is 0 Å². The number of carbonyl (C=O) groups is 1. The van der Waals surface area contributed by atoms with Gasteiger partial charge in [-0.2, -0.15) is 0 Å². The first-order valence-electron chi connectivity index (χ1n) is 5.20. The second kappa shape index (κ2) is 2.72. The molecule has 0 bridgehead atoms. The summed E-state index contributed by atoms with van der Waals surface area (Å²) in [5.74, 6) is -0.158. The van der Waals surface area contributed by atoms with Crippen molar-refractivity contribution in [3.05, 3.63) is 0 Å². The number of carbonyl (C=O) groups excluding carboxylic acids is 1. The summed E-state index contributed by atoms with van der Waals surface area (Å²) in [7, 11) is 0. The lowest BCUT2D eigenvalue weighted by molar-refractivity contribution is -0.152. The second-order valence-corrected chi connectivity index (χ2v) is 5.85. The minimum Gasteiger partial charge on any atom is -0.459 e. The predicted octanol–water partition coefficient (Wildman–Crippen LogP) is 1.49. The van der Waals surface area contributed by atoms with E-state index in [2.05, 4.69) is 13.8 Å². The molecule has 0 radical (unpaired) electrons. The van der Waals surface area contributed by atoms with E-state index in [-0.39, 0.29) is 22.9 Å². The Morgan fingerprint density at radius 1 is 1.43 bits per heavy atom. The first-order chi connectivity index (χ1) is 6.32. The van der Waals surface area contributed by atoms with Crippen LogP contribution in [0.1, 0.15) is 40.0 Å². The summed E-state index contributed by atoms with van der Waals surface area (Å²) < 4.78 is 5.18. The Bertz CT molecular complexity index is 272. The highest BCUT2D eigenvalue weighted by atomic mass is 16.6. The Kier molecular flexibility index (Phi) is 1.94. The maximum absolute atomic E-state index is 11.2. The van der Waals surface area contributed by atoms with Crippen molar-refractivity contribution in [2.24, 2.45) is 10.8 Å². The number of ether oxygens (including phenoxy) is 1. The minimum atomic E-state index is -0.491. The van der Waals surface area contributed by atoms with Crippen LogP contribution in [0.3, 0.4) is 0 Å². The average Bonchev–Trinajstić information content (AvgIpc) is 2.21. The predicted molar refractivity (Wildman–Crippen MR) is 51.6 cm³/mol. The molecule has 0 aromatic carbocycles. The van der Waals surface area contributed by atoms with Crippen molar-refractivity contribution >= 4 is 5.97 Å². The zero-order valence-electron chi connectivity index (χ0n) is 9.04. The van der Waals surface area contributed by atoms with Gasteiger partial charge in [-0.1, -0.05) is 20.8 Å². The molecule has 3 nitrogen and oxygen atoms in total. The summed E-state index contributed by atoms with van der Waals surface area (Å²) >= 11 is 0. The van der Waals surface area contributed by atoms with Crippen LogP contribution >= 0.6 is 0 Å². The lowest BCUT2D eigenvalue weighted by Gasteiger charge is -2.45. The first-order valence-corrected chi connectivity index (χ1v) is 5.20. The van der Waals surface area contributed by atoms with Gasteiger partial charge in [0.1, 0.15) is 6.10 Å². The Morgan fingerprint density at radius 3 is 2.71 bits per heavy atom. The number of hydrogen-bond acceptors (Lipinski definition) is 3. The smallest absolute Gasteiger partial charge is 0.306 e. The number of aliphatic hydroxyl groups excluding tert-OH is 1. The van der Waals surface area contributed by atoms with E-state index < -0.39 is 6.10 Å². The van der Waals surface area contributed by atoms with Crippen LogP contribution in [-0.2, 0) is 9.53 Å². The molecule has 2 aliphatic rings. The lowest BCUT2D eigenvalue weighted by Crippen LogP contribution is -2.48. The fraction of sp³-hybridized carbons (Fsp3) is 0.909. The van der Waals surface area contributed by atoms with E-state index in [1.165, 1.54) is 0 Å². The van der Waals surface area contributed by atoms with Gasteiger partial charge in [0.15, 0.2) is 0 Å². The standard InChI is InChI=1S/C11H18O3/c1-10(2)4-7(12)9-11(3,6-10)5-8(13)14-9/h7,9,12H,4-6H2,1-3H3/t7-,9+,11-/m0/s1. The summed E-state index contributed by atoms with van der Waals surface area (Å²) in [6, 6.07) is 0. The highest BCUT2D eigenvalue weighted by Gasteiger charge is 2.55. The van der Waals surface area contributed by atoms with Crippen molar-refractivity contribution in [2.75, 3.05) is 0 Å². The molecule has 80 valence electrons. The van der Waals surface area contributed by atoms with Gasteiger partial charge in [-0.15, -0.1) is 0 Å². The van der Waals surface area contributed by atoms with Crippen molar-refractivity contribution in [2.45, 2.75) is 52.2 Å². The van der Waals surface area contributed by atoms with Gasteiger partial charge in [0.25, 0.3) is 0 Å². The zero-order chi connectivity index (χ0) is 10.6. The van der Waals surface area contributed by atoms with Gasteiger partial charge in [-0.3, -0.25) is 4.79 Å². The molecule has 2 fully saturated rings. The molecule has 0 unspecified atom stereocenters. The monoisotopic (exact) mass is 198 g/mol. The van der Waals surface area contributed by atoms with Crippen molar-refractivity contribution in [1.82, 2.24) is 0 Å². The Labute approximate surface area is 84.4 Å². The van der Waals surface area contributed by atoms with Crippen LogP contribution in [0.25, 0.3) is 0 Å². The van der Waals surface area contributed by atoms with Crippen LogP contribution in [0.2, 0.25) is 0 Å². The van der Waals surface area contributed by atoms with Crippen LogP contribution in [0.4, 0.5) is 0 Å². The topological polar surface area (TPSA) is 46.5 Å². The van der Waals surface area contributed by atoms with Gasteiger partial charge in [-0.25, -0.2) is 0 Å². The molecule has 2 rings (SSSR count). The van der Waals surface area contributed by atoms with E-state index in [9.17, 15) is 9.90 Å². The molecule has 0 aromatic heterocycles. The van der Waals surface area contributed by atoms with Crippen LogP contribution in [0, 0.1) is 10.8 Å². The maximum atomic E-state index is 11.2. The highest BCUT2D eigenvalue weighted by Crippen LogP contribution is 2.52. The Morgan fingerprint density at radius 2 is 2.07 bits per heavy atom. The largest absolute Gasteiger partial charge is 0.459 e. The minimum absolute atomic E-state index is 0.110. The molecule has 14 heavy (non-hydrogen) atoms. The quantitative estimate of drug-likeness (QED) is 0.600. The molecule has 1 aliphatic heterocycles. The molecule has 0 spiro atoms. The SMILES string of the molecule is CC1(C)C[C@H](O)[C@H]2OC(=O)C[C@@]2(C)C1. The van der Waals surface area contributed by atoms with Crippen LogP contribution in [0.5, 0.6) is 0 Å². The third-order valence-electron chi connectivity index (χ3n) is 3.49. The van der Waals surface area contributed by atoms with E-state index in [1.807, 2.05) is 6.92 Å². The van der Waals surface area contributed by atoms with Gasteiger partial charge in [0, 0.05) is 5.41 Å². The van der Waals surface area contributed by atoms with Crippen molar-refractivity contribution in [1.29, 1.82) is 0 Å². The van der Waals surface area contributed by atoms with E-state index in [0.29, 0.717) is 6.42 Å². The third-order valence-corrected chi connectivity index (χ3v) is 3.49. The number of fused-ring (bicyclic) bond motifs is 1. The van der Waals surface area contributed by atoms with Gasteiger partial charge >= 0.3 is 5.97 Å². The number of esters is 1. The van der Waals surface area contributed by atoms with E-state index >= 15 is 0 Å². The molecule has 3 atom stereocenters. The summed E-state index contributed by atoms with van der Waals surface area (Å²) in [5, 5.41) is 9.92. The van der Waals surface area contributed by atoms with Gasteiger partial charge < -0.3 is 9.84 Å². The lowest BCUT2D eigenvalue weighted by atomic mass is 9.61. The normalized spacial score (nSPS) is 45.9. The van der Waals surface area contributed by atoms with E-state index in [1.54, 1.807) is 0 Å². The Hall–Kier alpha value is -0.570. The first kappa shape index (κ1) is 9.97. The molecule has 1 aliphatic carbocycles. The summed E-state index contributed by atoms with van der Waals surface area (Å²) in [6.07, 6.45) is 1.37. The summed E-state index contributed by atoms with van der Waals surface area (Å²) in [4.78, 5) is 11.2. The van der Waals surface area contributed by atoms with Crippen molar-refractivity contribution in [3.8, 4) is 0 Å². The summed E-state index contributed by atoms with van der Waals surface area (Å²) in [5.41, 5.74) is -0.0447. The molecular formula is C11H18O3. The van der Waals surface area contributed by atoms with Gasteiger partial charge in [0.05, 0.1) is 12.5 Å². The second-order valence-electron chi connectivity index (χ2n) is 5.85. The average molecular weight is 198 g/mol. The number of hydrogen-bond donors (Lipinski definition) is 1. The summed E-state index contributed by atoms with van der Waals surface area (Å²) in [6.45, 7) is 6.33. The molecule has 3 heteroatoms. The fourth-order valence-corrected chi connectivity index (χ4v) is 3.30. The molecule has 0 amide bonds. The van der Waals surface area contributed by atoms with Crippen molar-refractivity contribution < 1.29 is 14.6 Å². The molecule has 1 heterocycles. The molecule has 1 saturated carbocycles. The third kappa shape index (κ3) is 1.44. The molecular weight excluding hydrogens is 180 g/mol. The number of aliphatic hydroxyl groups is 1. The van der Waals surface area contributed by atoms with E-state index in [4.69, 9.17) is 4.74 Å². The number of rotatable bonds is 0. The molecule has 1 N–H and O–H groups in total. The highest BCUT2D eigenvalue weighted by molar-refractivity contribution is 5.73. The maximum Gasteiger partial charge on any atom is 0.306 e.